The van der Waals surface area contributed by atoms with Gasteiger partial charge in [-0.3, -0.25) is 0 Å². The molecular weight excluding hydrogens is 494 g/mol. The molecule has 0 aliphatic rings. The lowest BCUT2D eigenvalue weighted by atomic mass is 10.0. The highest BCUT2D eigenvalue weighted by atomic mass is 14.9. The summed E-state index contributed by atoms with van der Waals surface area (Å²) in [5, 5.41) is 0. The lowest BCUT2D eigenvalue weighted by Crippen LogP contribution is -2.34. The first-order valence-corrected chi connectivity index (χ1v) is 18.4. The predicted octanol–water partition coefficient (Wildman–Crippen LogP) is 12.3. The molecule has 41 heavy (non-hydrogen) atoms. The summed E-state index contributed by atoms with van der Waals surface area (Å²) < 4.78 is 2.52. The van der Waals surface area contributed by atoms with Crippen molar-refractivity contribution in [2.75, 3.05) is 0 Å². The van der Waals surface area contributed by atoms with Crippen molar-refractivity contribution in [3.05, 3.63) is 65.5 Å². The van der Waals surface area contributed by atoms with Crippen LogP contribution in [0.1, 0.15) is 178 Å². The van der Waals surface area contributed by atoms with E-state index in [2.05, 4.69) is 67.2 Å². The van der Waals surface area contributed by atoms with Crippen LogP contribution < -0.4 is 4.57 Å². The molecule has 232 valence electrons. The number of nitrogens with zero attached hydrogens (tertiary/aromatic N) is 1. The highest BCUT2D eigenvalue weighted by molar-refractivity contribution is 5.16. The fourth-order valence-corrected chi connectivity index (χ4v) is 6.28. The maximum atomic E-state index is 2.54. The summed E-state index contributed by atoms with van der Waals surface area (Å²) in [4.78, 5) is 0. The van der Waals surface area contributed by atoms with E-state index >= 15 is 0 Å². The zero-order chi connectivity index (χ0) is 29.1. The molecule has 0 radical (unpaired) electrons. The maximum Gasteiger partial charge on any atom is 0.171 e. The van der Waals surface area contributed by atoms with Crippen LogP contribution in [0.3, 0.4) is 0 Å². The van der Waals surface area contributed by atoms with Crippen LogP contribution in [0.15, 0.2) is 48.8 Å². The van der Waals surface area contributed by atoms with Gasteiger partial charge in [0.2, 0.25) is 0 Å². The third-order valence-corrected chi connectivity index (χ3v) is 8.90. The Bertz CT molecular complexity index is 782. The number of hydrogen-bond donors (Lipinski definition) is 0. The fraction of sp³-hybridized carbons (Fsp3) is 0.725. The van der Waals surface area contributed by atoms with E-state index in [0.717, 1.165) is 6.54 Å². The minimum atomic E-state index is 1.13. The molecule has 0 aliphatic carbocycles. The average molecular weight is 563 g/mol. The number of pyridine rings is 1. The van der Waals surface area contributed by atoms with Gasteiger partial charge in [0.05, 0.1) is 0 Å². The van der Waals surface area contributed by atoms with Crippen LogP contribution in [0.5, 0.6) is 0 Å². The summed E-state index contributed by atoms with van der Waals surface area (Å²) in [6.07, 6.45) is 41.1. The monoisotopic (exact) mass is 563 g/mol. The van der Waals surface area contributed by atoms with Crippen LogP contribution in [-0.4, -0.2) is 0 Å². The quantitative estimate of drug-likeness (QED) is 0.0717. The van der Waals surface area contributed by atoms with Crippen molar-refractivity contribution in [3.63, 3.8) is 0 Å². The Balaban J connectivity index is 1.69. The second-order valence-electron chi connectivity index (χ2n) is 13.0. The Hall–Kier alpha value is -1.63. The largest absolute Gasteiger partial charge is 0.205 e. The number of rotatable bonds is 28. The predicted molar refractivity (Wildman–Crippen MR) is 182 cm³/mol. The van der Waals surface area contributed by atoms with Crippen LogP contribution in [0, 0.1) is 0 Å². The molecule has 1 aromatic heterocycles. The molecule has 1 nitrogen and oxygen atoms in total. The van der Waals surface area contributed by atoms with E-state index in [1.807, 2.05) is 0 Å². The third kappa shape index (κ3) is 20.0. The molecule has 2 aromatic rings. The lowest BCUT2D eigenvalue weighted by Gasteiger charge is -2.07. The van der Waals surface area contributed by atoms with Gasteiger partial charge in [-0.05, 0) is 43.7 Å². The second-order valence-corrected chi connectivity index (χ2v) is 13.0. The fourth-order valence-electron chi connectivity index (χ4n) is 6.28. The highest BCUT2D eigenvalue weighted by Crippen LogP contribution is 2.16. The van der Waals surface area contributed by atoms with Crippen LogP contribution in [-0.2, 0) is 25.8 Å². The minimum absolute atomic E-state index is 1.13. The van der Waals surface area contributed by atoms with Crippen LogP contribution in [0.25, 0.3) is 0 Å². The van der Waals surface area contributed by atoms with Gasteiger partial charge in [-0.15, -0.1) is 0 Å². The van der Waals surface area contributed by atoms with E-state index in [1.54, 1.807) is 11.1 Å². The molecule has 2 rings (SSSR count). The number of aromatic nitrogens is 1. The minimum Gasteiger partial charge on any atom is -0.205 e. The van der Waals surface area contributed by atoms with Crippen LogP contribution in [0.4, 0.5) is 0 Å². The summed E-state index contributed by atoms with van der Waals surface area (Å²) in [5.41, 5.74) is 4.61. The van der Waals surface area contributed by atoms with Crippen molar-refractivity contribution in [1.82, 2.24) is 0 Å². The van der Waals surface area contributed by atoms with Crippen molar-refractivity contribution in [3.8, 4) is 0 Å². The van der Waals surface area contributed by atoms with Gasteiger partial charge in [0, 0.05) is 17.5 Å². The van der Waals surface area contributed by atoms with E-state index in [4.69, 9.17) is 0 Å². The van der Waals surface area contributed by atoms with Gasteiger partial charge in [-0.1, -0.05) is 173 Å². The zero-order valence-electron chi connectivity index (χ0n) is 27.7. The van der Waals surface area contributed by atoms with E-state index in [1.165, 1.54) is 173 Å². The maximum absolute atomic E-state index is 2.54. The summed E-state index contributed by atoms with van der Waals surface area (Å²) in [7, 11) is 0. The van der Waals surface area contributed by atoms with E-state index < -0.39 is 0 Å². The molecule has 0 saturated carbocycles. The first kappa shape index (κ1) is 35.6. The summed E-state index contributed by atoms with van der Waals surface area (Å²) >= 11 is 0. The van der Waals surface area contributed by atoms with Crippen LogP contribution >= 0.6 is 0 Å². The Morgan fingerprint density at radius 2 is 0.756 bits per heavy atom. The zero-order valence-corrected chi connectivity index (χ0v) is 27.7. The number of unbranched alkanes of at least 4 members (excludes halogenated alkanes) is 20. The second kappa shape index (κ2) is 26.0. The summed E-state index contributed by atoms with van der Waals surface area (Å²) in [6, 6.07) is 13.5. The molecule has 1 aromatic carbocycles. The molecule has 0 saturated heterocycles. The molecule has 0 spiro atoms. The lowest BCUT2D eigenvalue weighted by molar-refractivity contribution is -0.698. The number of hydrogen-bond acceptors (Lipinski definition) is 0. The van der Waals surface area contributed by atoms with Gasteiger partial charge in [-0.25, -0.2) is 4.57 Å². The molecule has 0 N–H and O–H groups in total. The SMILES string of the molecule is CCCCCCCCCCCCCc1cc(CCCCCCCCCCCCC)c[n+](CCCc2ccccc2)c1. The van der Waals surface area contributed by atoms with E-state index in [9.17, 15) is 0 Å². The smallest absolute Gasteiger partial charge is 0.171 e. The molecule has 0 bridgehead atoms. The highest BCUT2D eigenvalue weighted by Gasteiger charge is 2.09. The van der Waals surface area contributed by atoms with E-state index in [-0.39, 0.29) is 0 Å². The third-order valence-electron chi connectivity index (χ3n) is 8.90. The molecule has 0 atom stereocenters. The molecule has 1 heteroatoms. The molecule has 0 amide bonds. The normalized spacial score (nSPS) is 11.4. The van der Waals surface area contributed by atoms with Crippen molar-refractivity contribution in [1.29, 1.82) is 0 Å². The first-order chi connectivity index (χ1) is 20.3. The van der Waals surface area contributed by atoms with E-state index in [0.29, 0.717) is 0 Å². The van der Waals surface area contributed by atoms with Crippen molar-refractivity contribution in [2.45, 2.75) is 187 Å². The van der Waals surface area contributed by atoms with Crippen molar-refractivity contribution in [2.24, 2.45) is 0 Å². The van der Waals surface area contributed by atoms with Gasteiger partial charge in [0.15, 0.2) is 12.4 Å². The van der Waals surface area contributed by atoms with Gasteiger partial charge in [0.25, 0.3) is 0 Å². The average Bonchev–Trinajstić information content (AvgIpc) is 2.99. The van der Waals surface area contributed by atoms with Gasteiger partial charge >= 0.3 is 0 Å². The summed E-state index contributed by atoms with van der Waals surface area (Å²) in [5.74, 6) is 0. The number of aryl methyl sites for hydroxylation is 4. The van der Waals surface area contributed by atoms with Gasteiger partial charge in [0.1, 0.15) is 6.54 Å². The van der Waals surface area contributed by atoms with Crippen LogP contribution in [0.2, 0.25) is 0 Å². The molecule has 0 aliphatic heterocycles. The standard InChI is InChI=1S/C40H68N/c1-3-5-7-9-11-13-15-17-19-21-24-31-39-35-40(32-25-22-20-18-16-14-12-10-8-6-4-2)37-41(36-39)34-28-33-38-29-26-23-27-30-38/h23,26-27,29-30,35-37H,3-22,24-25,28,31-34H2,1-2H3/q+1. The van der Waals surface area contributed by atoms with Crippen molar-refractivity contribution < 1.29 is 4.57 Å². The summed E-state index contributed by atoms with van der Waals surface area (Å²) in [6.45, 7) is 5.74. The van der Waals surface area contributed by atoms with Crippen molar-refractivity contribution >= 4 is 0 Å². The topological polar surface area (TPSA) is 3.88 Å². The van der Waals surface area contributed by atoms with Gasteiger partial charge in [-0.2, -0.15) is 0 Å². The first-order valence-electron chi connectivity index (χ1n) is 18.4. The Kier molecular flexibility index (Phi) is 22.6. The molecule has 0 unspecified atom stereocenters. The van der Waals surface area contributed by atoms with Gasteiger partial charge < -0.3 is 0 Å². The number of benzene rings is 1. The molecule has 0 fully saturated rings. The Morgan fingerprint density at radius 3 is 1.17 bits per heavy atom. The Morgan fingerprint density at radius 1 is 0.390 bits per heavy atom. The molecule has 1 heterocycles. The Labute approximate surface area is 257 Å². The molecular formula is C40H68N+.